The summed E-state index contributed by atoms with van der Waals surface area (Å²) in [4.78, 5) is 13.8. The Bertz CT molecular complexity index is 363. The molecule has 0 N–H and O–H groups in total. The van der Waals surface area contributed by atoms with Crippen molar-refractivity contribution >= 4 is 11.6 Å². The van der Waals surface area contributed by atoms with Gasteiger partial charge in [-0.15, -0.1) is 0 Å². The van der Waals surface area contributed by atoms with Crippen molar-refractivity contribution in [3.63, 3.8) is 0 Å². The van der Waals surface area contributed by atoms with E-state index in [0.717, 1.165) is 11.3 Å². The van der Waals surface area contributed by atoms with Crippen LogP contribution in [0.1, 0.15) is 19.4 Å². The summed E-state index contributed by atoms with van der Waals surface area (Å²) in [5.74, 6) is -0.00407. The molecule has 0 saturated carbocycles. The van der Waals surface area contributed by atoms with Crippen molar-refractivity contribution in [1.82, 2.24) is 0 Å². The third-order valence-corrected chi connectivity index (χ3v) is 2.60. The van der Waals surface area contributed by atoms with E-state index in [9.17, 15) is 4.79 Å². The van der Waals surface area contributed by atoms with Crippen molar-refractivity contribution < 1.29 is 9.53 Å². The maximum absolute atomic E-state index is 12.0. The second-order valence-corrected chi connectivity index (χ2v) is 3.80. The molecule has 0 aromatic heterocycles. The van der Waals surface area contributed by atoms with Crippen molar-refractivity contribution in [3.05, 3.63) is 29.8 Å². The van der Waals surface area contributed by atoms with Crippen LogP contribution < -0.4 is 4.90 Å². The van der Waals surface area contributed by atoms with E-state index in [1.165, 1.54) is 0 Å². The van der Waals surface area contributed by atoms with Gasteiger partial charge in [0.2, 0.25) is 0 Å². The number of carbonyl (C=O) groups is 1. The summed E-state index contributed by atoms with van der Waals surface area (Å²) in [6, 6.07) is 7.92. The molecule has 1 unspecified atom stereocenters. The summed E-state index contributed by atoms with van der Waals surface area (Å²) in [7, 11) is 1.55. The molecule has 88 valence electrons. The van der Waals surface area contributed by atoms with E-state index in [0.29, 0.717) is 6.54 Å². The minimum atomic E-state index is -0.402. The van der Waals surface area contributed by atoms with Crippen molar-refractivity contribution in [2.75, 3.05) is 18.6 Å². The minimum Gasteiger partial charge on any atom is -0.372 e. The lowest BCUT2D eigenvalue weighted by Crippen LogP contribution is -2.38. The monoisotopic (exact) mass is 221 g/mol. The Morgan fingerprint density at radius 3 is 2.69 bits per heavy atom. The zero-order valence-electron chi connectivity index (χ0n) is 10.4. The summed E-state index contributed by atoms with van der Waals surface area (Å²) in [6.45, 7) is 6.39. The molecule has 0 aliphatic heterocycles. The molecule has 16 heavy (non-hydrogen) atoms. The predicted octanol–water partition coefficient (Wildman–Crippen LogP) is 2.38. The Morgan fingerprint density at radius 2 is 2.19 bits per heavy atom. The van der Waals surface area contributed by atoms with E-state index in [4.69, 9.17) is 4.74 Å². The van der Waals surface area contributed by atoms with Gasteiger partial charge in [0.15, 0.2) is 0 Å². The van der Waals surface area contributed by atoms with Gasteiger partial charge >= 0.3 is 0 Å². The minimum absolute atomic E-state index is 0.00407. The Labute approximate surface area is 97.0 Å². The fourth-order valence-corrected chi connectivity index (χ4v) is 1.58. The molecule has 0 fully saturated rings. The Hall–Kier alpha value is -1.35. The number of nitrogens with zero attached hydrogens (tertiary/aromatic N) is 1. The van der Waals surface area contributed by atoms with Crippen LogP contribution in [0.3, 0.4) is 0 Å². The first-order chi connectivity index (χ1) is 7.60. The highest BCUT2D eigenvalue weighted by molar-refractivity contribution is 5.96. The Kier molecular flexibility index (Phi) is 4.50. The summed E-state index contributed by atoms with van der Waals surface area (Å²) >= 11 is 0. The predicted molar refractivity (Wildman–Crippen MR) is 65.7 cm³/mol. The van der Waals surface area contributed by atoms with E-state index >= 15 is 0 Å². The number of likely N-dealkylation sites (N-methyl/N-ethyl adjacent to an activating group) is 1. The highest BCUT2D eigenvalue weighted by Crippen LogP contribution is 2.17. The SMILES string of the molecule is CCN(C(=O)C(C)OC)c1cccc(C)c1. The first kappa shape index (κ1) is 12.7. The van der Waals surface area contributed by atoms with E-state index in [1.807, 2.05) is 38.1 Å². The standard InChI is InChI=1S/C13H19NO2/c1-5-14(13(15)11(3)16-4)12-8-6-7-10(2)9-12/h6-9,11H,5H2,1-4H3. The number of benzene rings is 1. The van der Waals surface area contributed by atoms with Gasteiger partial charge in [0.1, 0.15) is 6.10 Å². The van der Waals surface area contributed by atoms with Crippen LogP contribution in [0.5, 0.6) is 0 Å². The van der Waals surface area contributed by atoms with Gasteiger partial charge in [0.25, 0.3) is 5.91 Å². The number of amides is 1. The molecule has 0 spiro atoms. The zero-order chi connectivity index (χ0) is 12.1. The van der Waals surface area contributed by atoms with Crippen molar-refractivity contribution in [3.8, 4) is 0 Å². The number of hydrogen-bond acceptors (Lipinski definition) is 2. The van der Waals surface area contributed by atoms with Gasteiger partial charge in [-0.25, -0.2) is 0 Å². The normalized spacial score (nSPS) is 12.2. The average Bonchev–Trinajstić information content (AvgIpc) is 2.29. The largest absolute Gasteiger partial charge is 0.372 e. The first-order valence-corrected chi connectivity index (χ1v) is 5.51. The molecule has 1 atom stereocenters. The molecule has 1 rings (SSSR count). The molecule has 3 heteroatoms. The first-order valence-electron chi connectivity index (χ1n) is 5.51. The van der Waals surface area contributed by atoms with Gasteiger partial charge in [-0.05, 0) is 38.5 Å². The highest BCUT2D eigenvalue weighted by atomic mass is 16.5. The third kappa shape index (κ3) is 2.83. The third-order valence-electron chi connectivity index (χ3n) is 2.60. The fraction of sp³-hybridized carbons (Fsp3) is 0.462. The summed E-state index contributed by atoms with van der Waals surface area (Å²) in [5, 5.41) is 0. The van der Waals surface area contributed by atoms with Gasteiger partial charge in [-0.3, -0.25) is 4.79 Å². The molecule has 1 amide bonds. The summed E-state index contributed by atoms with van der Waals surface area (Å²) < 4.78 is 5.06. The van der Waals surface area contributed by atoms with E-state index in [1.54, 1.807) is 18.9 Å². The summed E-state index contributed by atoms with van der Waals surface area (Å²) in [6.07, 6.45) is -0.402. The lowest BCUT2D eigenvalue weighted by Gasteiger charge is -2.24. The number of carbonyl (C=O) groups excluding carboxylic acids is 1. The Morgan fingerprint density at radius 1 is 1.50 bits per heavy atom. The quantitative estimate of drug-likeness (QED) is 0.781. The molecule has 0 heterocycles. The molecule has 0 saturated heterocycles. The average molecular weight is 221 g/mol. The van der Waals surface area contributed by atoms with Crippen LogP contribution in [-0.2, 0) is 9.53 Å². The molecule has 0 radical (unpaired) electrons. The molecule has 3 nitrogen and oxygen atoms in total. The second-order valence-electron chi connectivity index (χ2n) is 3.80. The van der Waals surface area contributed by atoms with Crippen molar-refractivity contribution in [2.24, 2.45) is 0 Å². The van der Waals surface area contributed by atoms with E-state index in [2.05, 4.69) is 0 Å². The van der Waals surface area contributed by atoms with Crippen molar-refractivity contribution in [2.45, 2.75) is 26.9 Å². The van der Waals surface area contributed by atoms with Gasteiger partial charge in [-0.2, -0.15) is 0 Å². The van der Waals surface area contributed by atoms with Gasteiger partial charge < -0.3 is 9.64 Å². The number of rotatable bonds is 4. The molecular weight excluding hydrogens is 202 g/mol. The van der Waals surface area contributed by atoms with Crippen LogP contribution in [0.15, 0.2) is 24.3 Å². The molecule has 0 aliphatic rings. The van der Waals surface area contributed by atoms with Gasteiger partial charge in [0, 0.05) is 19.3 Å². The highest BCUT2D eigenvalue weighted by Gasteiger charge is 2.19. The van der Waals surface area contributed by atoms with Gasteiger partial charge in [0.05, 0.1) is 0 Å². The Balaban J connectivity index is 2.94. The number of hydrogen-bond donors (Lipinski definition) is 0. The fourth-order valence-electron chi connectivity index (χ4n) is 1.58. The maximum Gasteiger partial charge on any atom is 0.255 e. The topological polar surface area (TPSA) is 29.5 Å². The maximum atomic E-state index is 12.0. The number of ether oxygens (including phenoxy) is 1. The molecule has 0 aliphatic carbocycles. The second kappa shape index (κ2) is 5.66. The molecule has 0 bridgehead atoms. The number of methoxy groups -OCH3 is 1. The van der Waals surface area contributed by atoms with Crippen LogP contribution in [0.4, 0.5) is 5.69 Å². The van der Waals surface area contributed by atoms with Crippen LogP contribution >= 0.6 is 0 Å². The van der Waals surface area contributed by atoms with Crippen LogP contribution in [0, 0.1) is 6.92 Å². The van der Waals surface area contributed by atoms with Crippen LogP contribution in [0.25, 0.3) is 0 Å². The zero-order valence-corrected chi connectivity index (χ0v) is 10.4. The molecular formula is C13H19NO2. The lowest BCUT2D eigenvalue weighted by molar-refractivity contribution is -0.127. The number of anilines is 1. The van der Waals surface area contributed by atoms with Crippen LogP contribution in [0.2, 0.25) is 0 Å². The lowest BCUT2D eigenvalue weighted by atomic mass is 10.2. The number of aryl methyl sites for hydroxylation is 1. The van der Waals surface area contributed by atoms with Crippen LogP contribution in [-0.4, -0.2) is 25.7 Å². The van der Waals surface area contributed by atoms with E-state index in [-0.39, 0.29) is 5.91 Å². The van der Waals surface area contributed by atoms with Gasteiger partial charge in [-0.1, -0.05) is 12.1 Å². The van der Waals surface area contributed by atoms with E-state index < -0.39 is 6.10 Å². The molecule has 1 aromatic rings. The smallest absolute Gasteiger partial charge is 0.255 e. The van der Waals surface area contributed by atoms with Crippen molar-refractivity contribution in [1.29, 1.82) is 0 Å². The summed E-state index contributed by atoms with van der Waals surface area (Å²) in [5.41, 5.74) is 2.07. The molecule has 1 aromatic carbocycles.